The van der Waals surface area contributed by atoms with Crippen LogP contribution < -0.4 is 0 Å². The number of nitrogens with zero attached hydrogens (tertiary/aromatic N) is 4. The van der Waals surface area contributed by atoms with Crippen molar-refractivity contribution in [1.82, 2.24) is 19.5 Å². The highest BCUT2D eigenvalue weighted by Crippen LogP contribution is 2.38. The van der Waals surface area contributed by atoms with Gasteiger partial charge in [-0.1, -0.05) is 140 Å². The van der Waals surface area contributed by atoms with Gasteiger partial charge in [0.05, 0.1) is 11.0 Å². The Morgan fingerprint density at radius 2 is 0.750 bits per heavy atom. The standard InChI is InChI=1S/C51H32N4O/c1-4-12-33(13-5-1)34-20-25-40(26-21-34)55-45-19-11-10-18-41(45)44-30-37(24-29-46(44)55)38-22-27-42-43-28-23-39(32-48(43)56-47(42)31-38)51-53-49(35-14-6-2-7-15-35)52-50(54-51)36-16-8-3-9-17-36/h1-32H. The lowest BCUT2D eigenvalue weighted by molar-refractivity contribution is 0.669. The van der Waals surface area contributed by atoms with Crippen LogP contribution in [-0.2, 0) is 0 Å². The minimum absolute atomic E-state index is 0.598. The zero-order valence-corrected chi connectivity index (χ0v) is 30.2. The summed E-state index contributed by atoms with van der Waals surface area (Å²) in [6.07, 6.45) is 0. The van der Waals surface area contributed by atoms with E-state index < -0.39 is 0 Å². The molecule has 11 rings (SSSR count). The van der Waals surface area contributed by atoms with E-state index in [9.17, 15) is 0 Å². The molecule has 11 aromatic rings. The third-order valence-corrected chi connectivity index (χ3v) is 10.7. The van der Waals surface area contributed by atoms with E-state index in [1.54, 1.807) is 0 Å². The molecule has 0 aliphatic rings. The van der Waals surface area contributed by atoms with Gasteiger partial charge in [0, 0.05) is 43.9 Å². The second-order valence-electron chi connectivity index (χ2n) is 14.1. The third-order valence-electron chi connectivity index (χ3n) is 10.7. The molecule has 0 radical (unpaired) electrons. The minimum Gasteiger partial charge on any atom is -0.456 e. The third kappa shape index (κ3) is 5.45. The minimum atomic E-state index is 0.598. The highest BCUT2D eigenvalue weighted by molar-refractivity contribution is 6.11. The molecule has 0 bridgehead atoms. The topological polar surface area (TPSA) is 56.7 Å². The summed E-state index contributed by atoms with van der Waals surface area (Å²) in [6.45, 7) is 0. The second kappa shape index (κ2) is 13.0. The fourth-order valence-electron chi connectivity index (χ4n) is 7.90. The number of para-hydroxylation sites is 1. The summed E-state index contributed by atoms with van der Waals surface area (Å²) in [5.41, 5.74) is 12.5. The molecule has 262 valence electrons. The van der Waals surface area contributed by atoms with Gasteiger partial charge in [0.1, 0.15) is 11.2 Å². The van der Waals surface area contributed by atoms with Gasteiger partial charge in [-0.3, -0.25) is 0 Å². The molecule has 3 heterocycles. The number of benzene rings is 8. The van der Waals surface area contributed by atoms with E-state index in [-0.39, 0.29) is 0 Å². The molecule has 0 aliphatic carbocycles. The monoisotopic (exact) mass is 716 g/mol. The molecule has 0 atom stereocenters. The van der Waals surface area contributed by atoms with Crippen LogP contribution in [0.2, 0.25) is 0 Å². The van der Waals surface area contributed by atoms with Gasteiger partial charge in [0.2, 0.25) is 0 Å². The Morgan fingerprint density at radius 3 is 1.39 bits per heavy atom. The Kier molecular flexibility index (Phi) is 7.42. The summed E-state index contributed by atoms with van der Waals surface area (Å²) in [7, 11) is 0. The van der Waals surface area contributed by atoms with Gasteiger partial charge in [-0.2, -0.15) is 0 Å². The highest BCUT2D eigenvalue weighted by Gasteiger charge is 2.17. The largest absolute Gasteiger partial charge is 0.456 e. The highest BCUT2D eigenvalue weighted by atomic mass is 16.3. The van der Waals surface area contributed by atoms with Gasteiger partial charge in [-0.25, -0.2) is 15.0 Å². The van der Waals surface area contributed by atoms with Crippen molar-refractivity contribution in [2.24, 2.45) is 0 Å². The van der Waals surface area contributed by atoms with Crippen molar-refractivity contribution in [3.8, 4) is 62.1 Å². The van der Waals surface area contributed by atoms with Gasteiger partial charge in [-0.05, 0) is 76.9 Å². The van der Waals surface area contributed by atoms with Crippen LogP contribution in [0.5, 0.6) is 0 Å². The molecule has 0 saturated heterocycles. The maximum Gasteiger partial charge on any atom is 0.164 e. The number of hydrogen-bond acceptors (Lipinski definition) is 4. The molecular formula is C51H32N4O. The summed E-state index contributed by atoms with van der Waals surface area (Å²) in [5.74, 6) is 1.86. The number of hydrogen-bond donors (Lipinski definition) is 0. The van der Waals surface area contributed by atoms with Crippen molar-refractivity contribution in [2.75, 3.05) is 0 Å². The fourth-order valence-corrected chi connectivity index (χ4v) is 7.90. The smallest absolute Gasteiger partial charge is 0.164 e. The molecule has 5 heteroatoms. The van der Waals surface area contributed by atoms with Crippen LogP contribution >= 0.6 is 0 Å². The molecule has 0 aliphatic heterocycles. The quantitative estimate of drug-likeness (QED) is 0.172. The SMILES string of the molecule is c1ccc(-c2ccc(-n3c4ccccc4c4cc(-c5ccc6c(c5)oc5cc(-c7nc(-c8ccccc8)nc(-c8ccccc8)n7)ccc56)ccc43)cc2)cc1. The Morgan fingerprint density at radius 1 is 0.304 bits per heavy atom. The predicted octanol–water partition coefficient (Wildman–Crippen LogP) is 13.2. The van der Waals surface area contributed by atoms with Gasteiger partial charge in [0.25, 0.3) is 0 Å². The molecule has 56 heavy (non-hydrogen) atoms. The van der Waals surface area contributed by atoms with E-state index in [1.165, 1.54) is 32.9 Å². The number of aromatic nitrogens is 4. The zero-order valence-electron chi connectivity index (χ0n) is 30.2. The first kappa shape index (κ1) is 31.9. The van der Waals surface area contributed by atoms with Crippen LogP contribution in [0.15, 0.2) is 199 Å². The second-order valence-corrected chi connectivity index (χ2v) is 14.1. The molecule has 0 saturated carbocycles. The first-order valence-electron chi connectivity index (χ1n) is 18.8. The van der Waals surface area contributed by atoms with Crippen LogP contribution in [0, 0.1) is 0 Å². The Balaban J connectivity index is 0.977. The van der Waals surface area contributed by atoms with Crippen LogP contribution in [0.1, 0.15) is 0 Å². The van der Waals surface area contributed by atoms with E-state index in [1.807, 2.05) is 66.7 Å². The van der Waals surface area contributed by atoms with Crippen molar-refractivity contribution in [3.05, 3.63) is 194 Å². The average Bonchev–Trinajstić information content (AvgIpc) is 3.81. The maximum absolute atomic E-state index is 6.59. The van der Waals surface area contributed by atoms with Crippen LogP contribution in [0.3, 0.4) is 0 Å². The first-order valence-corrected chi connectivity index (χ1v) is 18.8. The molecule has 0 fully saturated rings. The Hall–Kier alpha value is -7.63. The fraction of sp³-hybridized carbons (Fsp3) is 0. The van der Waals surface area contributed by atoms with Crippen molar-refractivity contribution in [3.63, 3.8) is 0 Å². The van der Waals surface area contributed by atoms with Gasteiger partial charge in [0.15, 0.2) is 17.5 Å². The van der Waals surface area contributed by atoms with E-state index in [2.05, 4.69) is 132 Å². The zero-order chi connectivity index (χ0) is 37.0. The van der Waals surface area contributed by atoms with Crippen LogP contribution in [0.25, 0.3) is 106 Å². The van der Waals surface area contributed by atoms with E-state index in [0.717, 1.165) is 55.4 Å². The summed E-state index contributed by atoms with van der Waals surface area (Å²) in [4.78, 5) is 14.7. The maximum atomic E-state index is 6.59. The molecule has 3 aromatic heterocycles. The molecule has 0 N–H and O–H groups in total. The Labute approximate surface area is 322 Å². The number of furan rings is 1. The van der Waals surface area contributed by atoms with Gasteiger partial charge >= 0.3 is 0 Å². The van der Waals surface area contributed by atoms with Crippen LogP contribution in [0.4, 0.5) is 0 Å². The van der Waals surface area contributed by atoms with Crippen LogP contribution in [-0.4, -0.2) is 19.5 Å². The van der Waals surface area contributed by atoms with E-state index in [4.69, 9.17) is 19.4 Å². The molecule has 5 nitrogen and oxygen atoms in total. The lowest BCUT2D eigenvalue weighted by atomic mass is 10.0. The van der Waals surface area contributed by atoms with Crippen molar-refractivity contribution in [2.45, 2.75) is 0 Å². The van der Waals surface area contributed by atoms with Crippen molar-refractivity contribution in [1.29, 1.82) is 0 Å². The summed E-state index contributed by atoms with van der Waals surface area (Å²) >= 11 is 0. The number of fused-ring (bicyclic) bond motifs is 6. The summed E-state index contributed by atoms with van der Waals surface area (Å²) in [6, 6.07) is 67.6. The van der Waals surface area contributed by atoms with E-state index >= 15 is 0 Å². The molecular weight excluding hydrogens is 685 g/mol. The van der Waals surface area contributed by atoms with Gasteiger partial charge in [-0.15, -0.1) is 0 Å². The first-order chi connectivity index (χ1) is 27.7. The lowest BCUT2D eigenvalue weighted by Gasteiger charge is -2.10. The number of rotatable bonds is 6. The van der Waals surface area contributed by atoms with Crippen molar-refractivity contribution < 1.29 is 4.42 Å². The van der Waals surface area contributed by atoms with Crippen molar-refractivity contribution >= 4 is 43.7 Å². The molecule has 8 aromatic carbocycles. The summed E-state index contributed by atoms with van der Waals surface area (Å²) < 4.78 is 8.95. The summed E-state index contributed by atoms with van der Waals surface area (Å²) in [5, 5.41) is 4.55. The van der Waals surface area contributed by atoms with Gasteiger partial charge < -0.3 is 8.98 Å². The average molecular weight is 717 g/mol. The normalized spacial score (nSPS) is 11.6. The Bertz CT molecular complexity index is 3160. The predicted molar refractivity (Wildman–Crippen MR) is 229 cm³/mol. The molecule has 0 spiro atoms. The molecule has 0 unspecified atom stereocenters. The molecule has 0 amide bonds. The lowest BCUT2D eigenvalue weighted by Crippen LogP contribution is -2.00. The van der Waals surface area contributed by atoms with E-state index in [0.29, 0.717) is 17.5 Å².